The fourth-order valence-electron chi connectivity index (χ4n) is 5.24. The fourth-order valence-corrected chi connectivity index (χ4v) is 5.24. The zero-order valence-electron chi connectivity index (χ0n) is 17.5. The number of rotatable bonds is 1. The first-order valence-electron chi connectivity index (χ1n) is 10.0. The Bertz CT molecular complexity index is 1120. The van der Waals surface area contributed by atoms with Gasteiger partial charge in [-0.25, -0.2) is 0 Å². The van der Waals surface area contributed by atoms with Crippen LogP contribution in [0.5, 0.6) is 23.0 Å². The number of phenolic OH excluding ortho intramolecular Hbond substituents is 2. The molecule has 2 aromatic carbocycles. The molecule has 1 atom stereocenters. The molecule has 0 radical (unpaired) electrons. The van der Waals surface area contributed by atoms with E-state index in [1.54, 1.807) is 13.2 Å². The molecule has 29 heavy (non-hydrogen) atoms. The van der Waals surface area contributed by atoms with Crippen LogP contribution in [0.2, 0.25) is 0 Å². The van der Waals surface area contributed by atoms with Crippen molar-refractivity contribution in [2.75, 3.05) is 7.11 Å². The van der Waals surface area contributed by atoms with Crippen LogP contribution in [0.4, 0.5) is 0 Å². The molecule has 4 nitrogen and oxygen atoms in total. The molecule has 150 valence electrons. The van der Waals surface area contributed by atoms with Gasteiger partial charge in [0.05, 0.1) is 7.11 Å². The number of hydrogen-bond acceptors (Lipinski definition) is 4. The Labute approximate surface area is 171 Å². The van der Waals surface area contributed by atoms with Crippen molar-refractivity contribution >= 4 is 17.7 Å². The average Bonchev–Trinajstić information content (AvgIpc) is 2.89. The van der Waals surface area contributed by atoms with Crippen molar-refractivity contribution < 1.29 is 19.7 Å². The predicted octanol–water partition coefficient (Wildman–Crippen LogP) is 5.29. The quantitative estimate of drug-likeness (QED) is 0.649. The summed E-state index contributed by atoms with van der Waals surface area (Å²) in [7, 11) is 1.71. The van der Waals surface area contributed by atoms with Gasteiger partial charge in [0, 0.05) is 28.2 Å². The van der Waals surface area contributed by atoms with Gasteiger partial charge in [0.15, 0.2) is 11.5 Å². The molecular formula is C25H26O4. The van der Waals surface area contributed by atoms with Crippen LogP contribution in [0.1, 0.15) is 55.5 Å². The lowest BCUT2D eigenvalue weighted by Gasteiger charge is -2.32. The number of methoxy groups -OCH3 is 1. The lowest BCUT2D eigenvalue weighted by molar-refractivity contribution is 0.158. The first kappa shape index (κ1) is 18.2. The van der Waals surface area contributed by atoms with Gasteiger partial charge in [-0.1, -0.05) is 32.1 Å². The molecule has 3 aliphatic rings. The molecule has 2 aliphatic carbocycles. The molecule has 1 unspecified atom stereocenters. The molecule has 2 N–H and O–H groups in total. The zero-order valence-corrected chi connectivity index (χ0v) is 17.5. The highest BCUT2D eigenvalue weighted by Crippen LogP contribution is 2.60. The van der Waals surface area contributed by atoms with Gasteiger partial charge < -0.3 is 19.7 Å². The summed E-state index contributed by atoms with van der Waals surface area (Å²) in [5.41, 5.74) is 5.89. The molecular weight excluding hydrogens is 364 g/mol. The van der Waals surface area contributed by atoms with Crippen LogP contribution in [0.3, 0.4) is 0 Å². The summed E-state index contributed by atoms with van der Waals surface area (Å²) in [6.45, 7) is 8.55. The summed E-state index contributed by atoms with van der Waals surface area (Å²) in [5, 5.41) is 20.5. The zero-order chi connectivity index (χ0) is 20.7. The monoisotopic (exact) mass is 390 g/mol. The Morgan fingerprint density at radius 2 is 1.90 bits per heavy atom. The van der Waals surface area contributed by atoms with Gasteiger partial charge in [-0.15, -0.1) is 0 Å². The van der Waals surface area contributed by atoms with Crippen LogP contribution >= 0.6 is 0 Å². The van der Waals surface area contributed by atoms with Crippen LogP contribution in [0, 0.1) is 5.92 Å². The normalized spacial score (nSPS) is 22.0. The topological polar surface area (TPSA) is 58.9 Å². The molecule has 0 spiro atoms. The predicted molar refractivity (Wildman–Crippen MR) is 115 cm³/mol. The second kappa shape index (κ2) is 5.59. The summed E-state index contributed by atoms with van der Waals surface area (Å²) in [4.78, 5) is 0. The van der Waals surface area contributed by atoms with Crippen LogP contribution in [-0.4, -0.2) is 22.9 Å². The van der Waals surface area contributed by atoms with Crippen LogP contribution in [0.15, 0.2) is 24.3 Å². The van der Waals surface area contributed by atoms with Gasteiger partial charge in [-0.2, -0.15) is 0 Å². The molecule has 0 saturated carbocycles. The maximum absolute atomic E-state index is 10.5. The molecule has 1 heterocycles. The largest absolute Gasteiger partial charge is 0.504 e. The minimum Gasteiger partial charge on any atom is -0.504 e. The highest BCUT2D eigenvalue weighted by atomic mass is 16.5. The molecule has 1 aliphatic heterocycles. The Hall–Kier alpha value is -2.88. The average molecular weight is 390 g/mol. The molecule has 4 heteroatoms. The van der Waals surface area contributed by atoms with Crippen molar-refractivity contribution in [2.24, 2.45) is 5.92 Å². The number of aromatic hydroxyl groups is 2. The van der Waals surface area contributed by atoms with Gasteiger partial charge in [0.2, 0.25) is 0 Å². The minimum absolute atomic E-state index is 0.0106. The van der Waals surface area contributed by atoms with Crippen molar-refractivity contribution in [3.8, 4) is 23.0 Å². The standard InChI is InChI=1S/C25H26O4/c1-24(2)9-8-14-19(29-24)12-20(28-5)22-21(14)16-10-13-6-7-18(26)23(27)15(13)11-17(16)25(22,3)4/h6-10,12,17,26-27H,11H2,1-5H3. The first-order valence-corrected chi connectivity index (χ1v) is 10.0. The molecule has 0 saturated heterocycles. The second-order valence-corrected chi connectivity index (χ2v) is 9.36. The van der Waals surface area contributed by atoms with E-state index >= 15 is 0 Å². The van der Waals surface area contributed by atoms with Crippen molar-refractivity contribution in [3.05, 3.63) is 52.1 Å². The highest BCUT2D eigenvalue weighted by Gasteiger charge is 2.48. The van der Waals surface area contributed by atoms with Gasteiger partial charge in [-0.05, 0) is 55.0 Å². The smallest absolute Gasteiger partial charge is 0.161 e. The number of hydrogen-bond donors (Lipinski definition) is 2. The van der Waals surface area contributed by atoms with Gasteiger partial charge in [-0.3, -0.25) is 0 Å². The third kappa shape index (κ3) is 2.38. The SMILES string of the molecule is COc1cc2c(c3c1C(C)(C)C1Cc4c(ccc(O)c4O)C=C31)C=CC(C)(C)O2. The summed E-state index contributed by atoms with van der Waals surface area (Å²) >= 11 is 0. The van der Waals surface area contributed by atoms with Gasteiger partial charge >= 0.3 is 0 Å². The van der Waals surface area contributed by atoms with Crippen LogP contribution < -0.4 is 9.47 Å². The summed E-state index contributed by atoms with van der Waals surface area (Å²) in [5.74, 6) is 1.76. The Balaban J connectivity index is 1.82. The third-order valence-corrected chi connectivity index (χ3v) is 6.73. The number of phenols is 2. The second-order valence-electron chi connectivity index (χ2n) is 9.36. The number of fused-ring (bicyclic) bond motifs is 6. The number of allylic oxidation sites excluding steroid dienone is 1. The molecule has 2 aromatic rings. The van der Waals surface area contributed by atoms with Gasteiger partial charge in [0.25, 0.3) is 0 Å². The summed E-state index contributed by atoms with van der Waals surface area (Å²) in [6, 6.07) is 5.44. The van der Waals surface area contributed by atoms with E-state index in [2.05, 4.69) is 32.1 Å². The van der Waals surface area contributed by atoms with Crippen LogP contribution in [0.25, 0.3) is 17.7 Å². The summed E-state index contributed by atoms with van der Waals surface area (Å²) < 4.78 is 12.1. The lowest BCUT2D eigenvalue weighted by Crippen LogP contribution is -2.28. The molecule has 0 amide bonds. The van der Waals surface area contributed by atoms with Crippen molar-refractivity contribution in [3.63, 3.8) is 0 Å². The minimum atomic E-state index is -0.364. The van der Waals surface area contributed by atoms with E-state index in [-0.39, 0.29) is 28.4 Å². The van der Waals surface area contributed by atoms with E-state index in [1.807, 2.05) is 26.0 Å². The van der Waals surface area contributed by atoms with Crippen molar-refractivity contribution in [1.82, 2.24) is 0 Å². The van der Waals surface area contributed by atoms with Crippen molar-refractivity contribution in [1.29, 1.82) is 0 Å². The molecule has 0 aromatic heterocycles. The van der Waals surface area contributed by atoms with E-state index in [9.17, 15) is 10.2 Å². The van der Waals surface area contributed by atoms with E-state index < -0.39 is 0 Å². The first-order chi connectivity index (χ1) is 13.6. The van der Waals surface area contributed by atoms with E-state index in [0.717, 1.165) is 28.2 Å². The Kier molecular flexibility index (Phi) is 3.50. The van der Waals surface area contributed by atoms with Crippen molar-refractivity contribution in [2.45, 2.75) is 45.1 Å². The van der Waals surface area contributed by atoms with Gasteiger partial charge in [0.1, 0.15) is 17.1 Å². The maximum Gasteiger partial charge on any atom is 0.161 e. The van der Waals surface area contributed by atoms with E-state index in [0.29, 0.717) is 6.42 Å². The van der Waals surface area contributed by atoms with Crippen LogP contribution in [-0.2, 0) is 11.8 Å². The lowest BCUT2D eigenvalue weighted by atomic mass is 9.71. The fraction of sp³-hybridized carbons (Fsp3) is 0.360. The Morgan fingerprint density at radius 3 is 2.62 bits per heavy atom. The number of ether oxygens (including phenoxy) is 2. The van der Waals surface area contributed by atoms with E-state index in [4.69, 9.17) is 9.47 Å². The summed E-state index contributed by atoms with van der Waals surface area (Å²) in [6.07, 6.45) is 7.09. The maximum atomic E-state index is 10.5. The highest BCUT2D eigenvalue weighted by molar-refractivity contribution is 5.97. The van der Waals surface area contributed by atoms with E-state index in [1.165, 1.54) is 16.7 Å². The molecule has 0 bridgehead atoms. The molecule has 0 fully saturated rings. The Morgan fingerprint density at radius 1 is 1.14 bits per heavy atom. The number of benzene rings is 2. The molecule has 5 rings (SSSR count). The third-order valence-electron chi connectivity index (χ3n) is 6.73.